The Bertz CT molecular complexity index is 507. The molecular weight excluding hydrogens is 308 g/mol. The number of anilines is 1. The molecule has 0 bridgehead atoms. The van der Waals surface area contributed by atoms with Gasteiger partial charge >= 0.3 is 11.8 Å². The molecule has 1 unspecified atom stereocenters. The fourth-order valence-corrected chi connectivity index (χ4v) is 2.92. The molecule has 0 fully saturated rings. The molecular formula is C14H20N2O3S2. The van der Waals surface area contributed by atoms with Crippen LogP contribution in [0.25, 0.3) is 0 Å². The molecule has 0 heterocycles. The van der Waals surface area contributed by atoms with Crippen molar-refractivity contribution in [3.8, 4) is 0 Å². The standard InChI is InChI=1S/C14H20N2O3S2/c1-14(19,9-20-2)8-15-12(17)13(18)16-10-6-4-5-7-11(10)21-3/h4-7,19H,8-9H2,1-3H3,(H,15,17)(H,16,18). The third-order valence-corrected chi connectivity index (χ3v) is 4.35. The summed E-state index contributed by atoms with van der Waals surface area (Å²) in [6.45, 7) is 1.65. The molecule has 0 aromatic heterocycles. The first kappa shape index (κ1) is 17.9. The largest absolute Gasteiger partial charge is 0.387 e. The summed E-state index contributed by atoms with van der Waals surface area (Å²) in [5, 5.41) is 15.0. The quantitative estimate of drug-likeness (QED) is 0.546. The highest BCUT2D eigenvalue weighted by atomic mass is 32.2. The molecule has 5 nitrogen and oxygen atoms in total. The zero-order chi connectivity index (χ0) is 15.9. The molecule has 3 N–H and O–H groups in total. The van der Waals surface area contributed by atoms with E-state index >= 15 is 0 Å². The Hall–Kier alpha value is -1.18. The number of rotatable bonds is 6. The van der Waals surface area contributed by atoms with Crippen molar-refractivity contribution in [3.05, 3.63) is 24.3 Å². The van der Waals surface area contributed by atoms with E-state index in [1.54, 1.807) is 19.1 Å². The molecule has 2 amide bonds. The zero-order valence-corrected chi connectivity index (χ0v) is 13.9. The predicted molar refractivity (Wildman–Crippen MR) is 88.9 cm³/mol. The minimum atomic E-state index is -1.04. The number of hydrogen-bond donors (Lipinski definition) is 3. The molecule has 1 atom stereocenters. The Morgan fingerprint density at radius 1 is 1.24 bits per heavy atom. The van der Waals surface area contributed by atoms with E-state index in [-0.39, 0.29) is 6.54 Å². The maximum Gasteiger partial charge on any atom is 0.313 e. The number of hydrogen-bond acceptors (Lipinski definition) is 5. The number of para-hydroxylation sites is 1. The summed E-state index contributed by atoms with van der Waals surface area (Å²) in [7, 11) is 0. The molecule has 1 aromatic rings. The number of carbonyl (C=O) groups is 2. The number of thioether (sulfide) groups is 2. The van der Waals surface area contributed by atoms with Crippen molar-refractivity contribution in [2.75, 3.05) is 30.1 Å². The fourth-order valence-electron chi connectivity index (χ4n) is 1.64. The van der Waals surface area contributed by atoms with Crippen LogP contribution in [0.4, 0.5) is 5.69 Å². The molecule has 7 heteroatoms. The summed E-state index contributed by atoms with van der Waals surface area (Å²) < 4.78 is 0. The van der Waals surface area contributed by atoms with Crippen LogP contribution in [-0.4, -0.2) is 47.3 Å². The smallest absolute Gasteiger partial charge is 0.313 e. The van der Waals surface area contributed by atoms with Crippen molar-refractivity contribution in [1.82, 2.24) is 5.32 Å². The first-order valence-electron chi connectivity index (χ1n) is 6.33. The van der Waals surface area contributed by atoms with Gasteiger partial charge in [-0.15, -0.1) is 11.8 Å². The van der Waals surface area contributed by atoms with E-state index in [1.165, 1.54) is 23.5 Å². The fraction of sp³-hybridized carbons (Fsp3) is 0.429. The first-order valence-corrected chi connectivity index (χ1v) is 8.95. The Morgan fingerprint density at radius 3 is 2.52 bits per heavy atom. The van der Waals surface area contributed by atoms with Crippen LogP contribution in [0, 0.1) is 0 Å². The molecule has 0 saturated heterocycles. The second-order valence-corrected chi connectivity index (χ2v) is 6.48. The van der Waals surface area contributed by atoms with E-state index in [9.17, 15) is 14.7 Å². The van der Waals surface area contributed by atoms with Crippen molar-refractivity contribution in [1.29, 1.82) is 0 Å². The Kier molecular flexibility index (Phi) is 7.07. The number of aliphatic hydroxyl groups is 1. The monoisotopic (exact) mass is 328 g/mol. The number of nitrogens with one attached hydrogen (secondary N) is 2. The third-order valence-electron chi connectivity index (χ3n) is 2.65. The van der Waals surface area contributed by atoms with Crippen molar-refractivity contribution in [2.24, 2.45) is 0 Å². The van der Waals surface area contributed by atoms with Crippen molar-refractivity contribution < 1.29 is 14.7 Å². The van der Waals surface area contributed by atoms with E-state index in [0.717, 1.165) is 4.90 Å². The molecule has 21 heavy (non-hydrogen) atoms. The summed E-state index contributed by atoms with van der Waals surface area (Å²) >= 11 is 2.96. The van der Waals surface area contributed by atoms with Gasteiger partial charge in [0.25, 0.3) is 0 Å². The van der Waals surface area contributed by atoms with Crippen LogP contribution in [0.15, 0.2) is 29.2 Å². The Morgan fingerprint density at radius 2 is 1.90 bits per heavy atom. The van der Waals surface area contributed by atoms with Crippen LogP contribution in [-0.2, 0) is 9.59 Å². The van der Waals surface area contributed by atoms with Gasteiger partial charge in [0.1, 0.15) is 0 Å². The van der Waals surface area contributed by atoms with Crippen LogP contribution >= 0.6 is 23.5 Å². The van der Waals surface area contributed by atoms with Gasteiger partial charge in [-0.3, -0.25) is 9.59 Å². The molecule has 116 valence electrons. The summed E-state index contributed by atoms with van der Waals surface area (Å²) in [6, 6.07) is 7.25. The maximum atomic E-state index is 11.8. The normalized spacial score (nSPS) is 13.3. The molecule has 0 aliphatic heterocycles. The summed E-state index contributed by atoms with van der Waals surface area (Å²) in [5.74, 6) is -1.02. The number of carbonyl (C=O) groups excluding carboxylic acids is 2. The SMILES string of the molecule is CSCC(C)(O)CNC(=O)C(=O)Nc1ccccc1SC. The average molecular weight is 328 g/mol. The summed E-state index contributed by atoms with van der Waals surface area (Å²) in [6.07, 6.45) is 3.76. The van der Waals surface area contributed by atoms with Gasteiger partial charge in [-0.25, -0.2) is 0 Å². The lowest BCUT2D eigenvalue weighted by Crippen LogP contribution is -2.45. The van der Waals surface area contributed by atoms with Crippen molar-refractivity contribution in [2.45, 2.75) is 17.4 Å². The predicted octanol–water partition coefficient (Wildman–Crippen LogP) is 1.58. The van der Waals surface area contributed by atoms with Gasteiger partial charge in [0, 0.05) is 17.2 Å². The van der Waals surface area contributed by atoms with E-state index in [0.29, 0.717) is 11.4 Å². The highest BCUT2D eigenvalue weighted by molar-refractivity contribution is 7.98. The van der Waals surface area contributed by atoms with E-state index in [2.05, 4.69) is 10.6 Å². The molecule has 0 aliphatic rings. The van der Waals surface area contributed by atoms with Gasteiger partial charge in [-0.2, -0.15) is 11.8 Å². The highest BCUT2D eigenvalue weighted by Crippen LogP contribution is 2.24. The molecule has 1 rings (SSSR count). The van der Waals surface area contributed by atoms with Gasteiger partial charge in [-0.1, -0.05) is 12.1 Å². The van der Waals surface area contributed by atoms with E-state index in [4.69, 9.17) is 0 Å². The molecule has 0 saturated carbocycles. The van der Waals surface area contributed by atoms with Gasteiger partial charge < -0.3 is 15.7 Å². The summed E-state index contributed by atoms with van der Waals surface area (Å²) in [4.78, 5) is 24.5. The lowest BCUT2D eigenvalue weighted by molar-refractivity contribution is -0.136. The van der Waals surface area contributed by atoms with Gasteiger partial charge in [-0.05, 0) is 31.6 Å². The van der Waals surface area contributed by atoms with Crippen LogP contribution < -0.4 is 10.6 Å². The minimum absolute atomic E-state index is 0.0320. The highest BCUT2D eigenvalue weighted by Gasteiger charge is 2.23. The van der Waals surface area contributed by atoms with Crippen LogP contribution in [0.3, 0.4) is 0 Å². The number of amides is 2. The minimum Gasteiger partial charge on any atom is -0.387 e. The molecule has 0 spiro atoms. The maximum absolute atomic E-state index is 11.8. The zero-order valence-electron chi connectivity index (χ0n) is 12.3. The Balaban J connectivity index is 2.57. The van der Waals surface area contributed by atoms with Gasteiger partial charge in [0.05, 0.1) is 11.3 Å². The second kappa shape index (κ2) is 8.31. The molecule has 0 radical (unpaired) electrons. The van der Waals surface area contributed by atoms with Gasteiger partial charge in [0.2, 0.25) is 0 Å². The van der Waals surface area contributed by atoms with Crippen LogP contribution in [0.5, 0.6) is 0 Å². The third kappa shape index (κ3) is 5.99. The Labute approximate surface area is 133 Å². The number of benzene rings is 1. The first-order chi connectivity index (χ1) is 9.89. The van der Waals surface area contributed by atoms with E-state index in [1.807, 2.05) is 24.6 Å². The average Bonchev–Trinajstić information content (AvgIpc) is 2.45. The molecule has 0 aliphatic carbocycles. The molecule has 1 aromatic carbocycles. The van der Waals surface area contributed by atoms with Crippen molar-refractivity contribution in [3.63, 3.8) is 0 Å². The topological polar surface area (TPSA) is 78.4 Å². The van der Waals surface area contributed by atoms with Crippen molar-refractivity contribution >= 4 is 41.0 Å². The van der Waals surface area contributed by atoms with Gasteiger partial charge in [0.15, 0.2) is 0 Å². The van der Waals surface area contributed by atoms with Crippen LogP contribution in [0.2, 0.25) is 0 Å². The lowest BCUT2D eigenvalue weighted by Gasteiger charge is -2.22. The summed E-state index contributed by atoms with van der Waals surface area (Å²) in [5.41, 5.74) is -0.437. The van der Waals surface area contributed by atoms with E-state index < -0.39 is 17.4 Å². The lowest BCUT2D eigenvalue weighted by atomic mass is 10.1. The van der Waals surface area contributed by atoms with Crippen LogP contribution in [0.1, 0.15) is 6.92 Å². The second-order valence-electron chi connectivity index (χ2n) is 4.77.